The number of esters is 1. The number of hydrogen-bond acceptors (Lipinski definition) is 9. The van der Waals surface area contributed by atoms with E-state index in [9.17, 15) is 29.4 Å². The van der Waals surface area contributed by atoms with Gasteiger partial charge in [-0.15, -0.1) is 0 Å². The number of carbonyl (C=O) groups excluding carboxylic acids is 4. The minimum Gasteiger partial charge on any atom is -0.459 e. The van der Waals surface area contributed by atoms with Crippen LogP contribution in [-0.2, 0) is 14.3 Å². The van der Waals surface area contributed by atoms with Crippen molar-refractivity contribution in [2.75, 3.05) is 38.2 Å². The molecule has 166 valence electrons. The summed E-state index contributed by atoms with van der Waals surface area (Å²) in [6.45, 7) is -0.186. The monoisotopic (exact) mass is 427 g/mol. The molecule has 0 aliphatic heterocycles. The Labute approximate surface area is 171 Å². The predicted molar refractivity (Wildman–Crippen MR) is 103 cm³/mol. The fraction of sp³-hybridized carbons (Fsp3) is 0.444. The van der Waals surface area contributed by atoms with Gasteiger partial charge in [-0.3, -0.25) is 14.4 Å². The molecule has 0 saturated heterocycles. The van der Waals surface area contributed by atoms with Crippen molar-refractivity contribution in [2.24, 2.45) is 0 Å². The number of anilines is 1. The highest BCUT2D eigenvalue weighted by atomic mass is 16.5. The van der Waals surface area contributed by atoms with Crippen LogP contribution in [0.2, 0.25) is 0 Å². The molecule has 0 heterocycles. The maximum Gasteiger partial charge on any atom is 0.397 e. The highest BCUT2D eigenvalue weighted by Crippen LogP contribution is 2.16. The molecule has 1 aromatic rings. The zero-order valence-corrected chi connectivity index (χ0v) is 16.3. The highest BCUT2D eigenvalue weighted by molar-refractivity contribution is 6.37. The van der Waals surface area contributed by atoms with Gasteiger partial charge in [-0.25, -0.2) is 4.79 Å². The Bertz CT molecular complexity index is 725. The van der Waals surface area contributed by atoms with Crippen molar-refractivity contribution in [3.63, 3.8) is 0 Å². The minimum atomic E-state index is -1.19. The molecule has 0 fully saturated rings. The molecule has 1 aromatic carbocycles. The molecule has 0 aliphatic rings. The van der Waals surface area contributed by atoms with Gasteiger partial charge in [0.2, 0.25) is 0 Å². The number of nitrogens with one attached hydrogen (secondary N) is 3. The lowest BCUT2D eigenvalue weighted by Gasteiger charge is -2.13. The summed E-state index contributed by atoms with van der Waals surface area (Å²) < 4.78 is 4.57. The zero-order valence-electron chi connectivity index (χ0n) is 16.3. The largest absolute Gasteiger partial charge is 0.459 e. The lowest BCUT2D eigenvalue weighted by Crippen LogP contribution is -2.35. The van der Waals surface area contributed by atoms with Crippen molar-refractivity contribution in [3.8, 4) is 0 Å². The fourth-order valence-electron chi connectivity index (χ4n) is 2.09. The number of amides is 3. The first-order chi connectivity index (χ1) is 14.2. The maximum atomic E-state index is 12.3. The summed E-state index contributed by atoms with van der Waals surface area (Å²) >= 11 is 0. The lowest BCUT2D eigenvalue weighted by atomic mass is 10.1. The van der Waals surface area contributed by atoms with Crippen molar-refractivity contribution in [3.05, 3.63) is 29.3 Å². The third-order valence-corrected chi connectivity index (χ3v) is 3.59. The second-order valence-electron chi connectivity index (χ2n) is 6.07. The van der Waals surface area contributed by atoms with Crippen LogP contribution in [0.3, 0.4) is 0 Å². The highest BCUT2D eigenvalue weighted by Gasteiger charge is 2.19. The third kappa shape index (κ3) is 8.13. The number of aliphatic hydroxyl groups excluding tert-OH is 4. The number of benzene rings is 1. The number of rotatable bonds is 10. The summed E-state index contributed by atoms with van der Waals surface area (Å²) in [5.74, 6) is -3.72. The van der Waals surface area contributed by atoms with Crippen LogP contribution < -0.4 is 16.0 Å². The Balaban J connectivity index is 3.10. The summed E-state index contributed by atoms with van der Waals surface area (Å²) in [6.07, 6.45) is -2.38. The van der Waals surface area contributed by atoms with Gasteiger partial charge in [-0.2, -0.15) is 0 Å². The molecule has 0 spiro atoms. The SMILES string of the molecule is CCOC(=O)C(=O)Nc1cc(C(=O)NCC(O)CO)cc(C(=O)NCC(O)CO)c1. The summed E-state index contributed by atoms with van der Waals surface area (Å²) in [5.41, 5.74) is -0.236. The van der Waals surface area contributed by atoms with Crippen LogP contribution in [0.5, 0.6) is 0 Å². The summed E-state index contributed by atoms with van der Waals surface area (Å²) in [4.78, 5) is 48.0. The van der Waals surface area contributed by atoms with Crippen molar-refractivity contribution in [1.82, 2.24) is 10.6 Å². The Morgan fingerprint density at radius 1 is 0.900 bits per heavy atom. The van der Waals surface area contributed by atoms with Crippen LogP contribution in [0, 0.1) is 0 Å². The Kier molecular flexibility index (Phi) is 10.4. The van der Waals surface area contributed by atoms with E-state index in [2.05, 4.69) is 20.7 Å². The van der Waals surface area contributed by atoms with Gasteiger partial charge in [-0.1, -0.05) is 0 Å². The van der Waals surface area contributed by atoms with E-state index < -0.39 is 49.1 Å². The average molecular weight is 427 g/mol. The first-order valence-corrected chi connectivity index (χ1v) is 8.99. The van der Waals surface area contributed by atoms with Gasteiger partial charge >= 0.3 is 11.9 Å². The first-order valence-electron chi connectivity index (χ1n) is 8.99. The number of hydrogen-bond donors (Lipinski definition) is 7. The molecule has 0 saturated carbocycles. The second kappa shape index (κ2) is 12.5. The van der Waals surface area contributed by atoms with Gasteiger partial charge in [-0.05, 0) is 25.1 Å². The van der Waals surface area contributed by atoms with Crippen molar-refractivity contribution in [2.45, 2.75) is 19.1 Å². The molecule has 0 aromatic heterocycles. The molecule has 12 heteroatoms. The number of ether oxygens (including phenoxy) is 1. The molecule has 12 nitrogen and oxygen atoms in total. The van der Waals surface area contributed by atoms with Gasteiger partial charge in [0.15, 0.2) is 0 Å². The molecule has 30 heavy (non-hydrogen) atoms. The van der Waals surface area contributed by atoms with Gasteiger partial charge < -0.3 is 41.1 Å². The quantitative estimate of drug-likeness (QED) is 0.154. The molecular formula is C18H25N3O9. The molecule has 7 N–H and O–H groups in total. The predicted octanol–water partition coefficient (Wildman–Crippen LogP) is -2.65. The lowest BCUT2D eigenvalue weighted by molar-refractivity contribution is -0.152. The van der Waals surface area contributed by atoms with E-state index >= 15 is 0 Å². The molecular weight excluding hydrogens is 402 g/mol. The second-order valence-corrected chi connectivity index (χ2v) is 6.07. The molecule has 1 rings (SSSR count). The van der Waals surface area contributed by atoms with Gasteiger partial charge in [0.25, 0.3) is 11.8 Å². The van der Waals surface area contributed by atoms with E-state index in [4.69, 9.17) is 10.2 Å². The molecule has 2 atom stereocenters. The normalized spacial score (nSPS) is 12.4. The van der Waals surface area contributed by atoms with Crippen molar-refractivity contribution >= 4 is 29.4 Å². The molecule has 2 unspecified atom stereocenters. The molecule has 3 amide bonds. The first kappa shape index (κ1) is 25.0. The zero-order chi connectivity index (χ0) is 22.7. The standard InChI is InChI=1S/C18H25N3O9/c1-2-30-18(29)17(28)21-12-4-10(15(26)19-6-13(24)8-22)3-11(5-12)16(27)20-7-14(25)9-23/h3-5,13-14,22-25H,2,6-9H2,1H3,(H,19,26)(H,20,27)(H,21,28). The van der Waals surface area contributed by atoms with Crippen LogP contribution in [0.25, 0.3) is 0 Å². The van der Waals surface area contributed by atoms with E-state index in [0.717, 1.165) is 0 Å². The molecule has 0 radical (unpaired) electrons. The van der Waals surface area contributed by atoms with E-state index in [-0.39, 0.29) is 36.5 Å². The van der Waals surface area contributed by atoms with Gasteiger partial charge in [0.1, 0.15) is 0 Å². The van der Waals surface area contributed by atoms with Gasteiger partial charge in [0, 0.05) is 29.9 Å². The molecule has 0 bridgehead atoms. The van der Waals surface area contributed by atoms with Crippen LogP contribution >= 0.6 is 0 Å². The van der Waals surface area contributed by atoms with Crippen LogP contribution in [-0.4, -0.2) is 89.2 Å². The average Bonchev–Trinajstić information content (AvgIpc) is 2.74. The Morgan fingerprint density at radius 3 is 1.77 bits per heavy atom. The smallest absolute Gasteiger partial charge is 0.397 e. The third-order valence-electron chi connectivity index (χ3n) is 3.59. The van der Waals surface area contributed by atoms with E-state index in [1.807, 2.05) is 0 Å². The van der Waals surface area contributed by atoms with Crippen LogP contribution in [0.4, 0.5) is 5.69 Å². The number of aliphatic hydroxyl groups is 4. The Morgan fingerprint density at radius 2 is 1.37 bits per heavy atom. The van der Waals surface area contributed by atoms with Crippen LogP contribution in [0.1, 0.15) is 27.6 Å². The topological polar surface area (TPSA) is 195 Å². The van der Waals surface area contributed by atoms with E-state index in [0.29, 0.717) is 0 Å². The Hall–Kier alpha value is -3.06. The maximum absolute atomic E-state index is 12.3. The minimum absolute atomic E-state index is 0.0251. The van der Waals surface area contributed by atoms with Crippen molar-refractivity contribution < 1.29 is 44.3 Å². The molecule has 0 aliphatic carbocycles. The van der Waals surface area contributed by atoms with Gasteiger partial charge in [0.05, 0.1) is 32.0 Å². The van der Waals surface area contributed by atoms with Crippen LogP contribution in [0.15, 0.2) is 18.2 Å². The fourth-order valence-corrected chi connectivity index (χ4v) is 2.09. The number of carbonyl (C=O) groups is 4. The van der Waals surface area contributed by atoms with E-state index in [1.54, 1.807) is 0 Å². The summed E-state index contributed by atoms with van der Waals surface area (Å²) in [5, 5.41) is 43.2. The summed E-state index contributed by atoms with van der Waals surface area (Å²) in [7, 11) is 0. The summed E-state index contributed by atoms with van der Waals surface area (Å²) in [6, 6.07) is 3.57. The van der Waals surface area contributed by atoms with E-state index in [1.165, 1.54) is 25.1 Å². The van der Waals surface area contributed by atoms with Crippen molar-refractivity contribution in [1.29, 1.82) is 0 Å².